The van der Waals surface area contributed by atoms with Crippen molar-refractivity contribution in [3.8, 4) is 11.8 Å². The van der Waals surface area contributed by atoms with Gasteiger partial charge in [0.1, 0.15) is 17.4 Å². The molecule has 2 heterocycles. The highest BCUT2D eigenvalue weighted by molar-refractivity contribution is 5.97. The van der Waals surface area contributed by atoms with Gasteiger partial charge < -0.3 is 19.1 Å². The van der Waals surface area contributed by atoms with E-state index in [1.807, 2.05) is 6.07 Å². The monoisotopic (exact) mass is 489 g/mol. The molecule has 2 aromatic rings. The van der Waals surface area contributed by atoms with E-state index in [9.17, 15) is 23.2 Å². The van der Waals surface area contributed by atoms with E-state index < -0.39 is 18.2 Å². The zero-order valence-electron chi connectivity index (χ0n) is 19.7. The second kappa shape index (κ2) is 11.2. The van der Waals surface area contributed by atoms with Crippen LogP contribution in [-0.4, -0.2) is 48.8 Å². The molecule has 7 nitrogen and oxygen atoms in total. The maximum absolute atomic E-state index is 13.7. The van der Waals surface area contributed by atoms with Crippen LogP contribution < -0.4 is 4.74 Å². The Morgan fingerprint density at radius 2 is 2.03 bits per heavy atom. The lowest BCUT2D eigenvalue weighted by atomic mass is 9.88. The molecule has 0 spiro atoms. The summed E-state index contributed by atoms with van der Waals surface area (Å²) < 4.78 is 56.7. The summed E-state index contributed by atoms with van der Waals surface area (Å²) in [4.78, 5) is 19.1. The van der Waals surface area contributed by atoms with E-state index in [4.69, 9.17) is 14.2 Å². The van der Waals surface area contributed by atoms with Crippen molar-refractivity contribution in [3.63, 3.8) is 0 Å². The zero-order valence-corrected chi connectivity index (χ0v) is 19.7. The van der Waals surface area contributed by atoms with E-state index in [1.54, 1.807) is 26.0 Å². The third-order valence-electron chi connectivity index (χ3n) is 5.49. The van der Waals surface area contributed by atoms with Gasteiger partial charge in [-0.15, -0.1) is 0 Å². The van der Waals surface area contributed by atoms with E-state index in [1.165, 1.54) is 29.5 Å². The molecule has 0 bridgehead atoms. The molecule has 0 radical (unpaired) electrons. The number of carbonyl (C=O) groups excluding carboxylic acids is 1. The number of hydrogen-bond acceptors (Lipinski definition) is 6. The molecule has 1 atom stereocenters. The molecular formula is C25H26F3N3O4. The highest BCUT2D eigenvalue weighted by Crippen LogP contribution is 2.40. The minimum absolute atomic E-state index is 0.0863. The molecule has 0 aliphatic carbocycles. The second-order valence-electron chi connectivity index (χ2n) is 7.75. The normalized spacial score (nSPS) is 14.5. The average Bonchev–Trinajstić information content (AvgIpc) is 2.81. The zero-order chi connectivity index (χ0) is 25.6. The lowest BCUT2D eigenvalue weighted by molar-refractivity contribution is -0.216. The summed E-state index contributed by atoms with van der Waals surface area (Å²) in [5, 5.41) is 9.22. The molecule has 1 amide bonds. The van der Waals surface area contributed by atoms with Crippen LogP contribution in [0.25, 0.3) is 6.08 Å². The Morgan fingerprint density at radius 1 is 1.26 bits per heavy atom. The van der Waals surface area contributed by atoms with Crippen LogP contribution in [0.1, 0.15) is 58.3 Å². The van der Waals surface area contributed by atoms with E-state index >= 15 is 0 Å². The Hall–Kier alpha value is -3.58. The molecule has 1 unspecified atom stereocenters. The third kappa shape index (κ3) is 5.92. The van der Waals surface area contributed by atoms with Crippen LogP contribution in [-0.2, 0) is 22.4 Å². The first kappa shape index (κ1) is 26.0. The number of aromatic nitrogens is 1. The number of halogens is 3. The molecule has 0 saturated carbocycles. The first-order valence-corrected chi connectivity index (χ1v) is 11.1. The van der Waals surface area contributed by atoms with Gasteiger partial charge in [0.25, 0.3) is 5.91 Å². The molecule has 186 valence electrons. The lowest BCUT2D eigenvalue weighted by Gasteiger charge is -2.32. The number of ether oxygens (including phenoxy) is 3. The maximum atomic E-state index is 13.7. The van der Waals surface area contributed by atoms with Crippen molar-refractivity contribution in [2.75, 3.05) is 26.9 Å². The minimum Gasteiger partial charge on any atom is -0.501 e. The summed E-state index contributed by atoms with van der Waals surface area (Å²) >= 11 is 0. The number of hydrogen-bond donors (Lipinski definition) is 0. The highest BCUT2D eigenvalue weighted by Gasteiger charge is 2.43. The number of rotatable bonds is 9. The number of amides is 1. The van der Waals surface area contributed by atoms with Gasteiger partial charge in [0.2, 0.25) is 0 Å². The summed E-state index contributed by atoms with van der Waals surface area (Å²) in [7, 11) is 0.997. The highest BCUT2D eigenvalue weighted by atomic mass is 19.4. The summed E-state index contributed by atoms with van der Waals surface area (Å²) in [5.41, 5.74) is 1.57. The number of benzene rings is 1. The van der Waals surface area contributed by atoms with Gasteiger partial charge in [-0.1, -0.05) is 0 Å². The van der Waals surface area contributed by atoms with Crippen molar-refractivity contribution < 1.29 is 32.2 Å². The Bertz CT molecular complexity index is 1140. The van der Waals surface area contributed by atoms with Gasteiger partial charge in [-0.25, -0.2) is 0 Å². The van der Waals surface area contributed by atoms with Crippen molar-refractivity contribution in [1.29, 1.82) is 5.26 Å². The van der Waals surface area contributed by atoms with Gasteiger partial charge in [0.05, 0.1) is 31.7 Å². The average molecular weight is 489 g/mol. The van der Waals surface area contributed by atoms with E-state index in [2.05, 4.69) is 4.98 Å². The Labute approximate surface area is 201 Å². The summed E-state index contributed by atoms with van der Waals surface area (Å²) in [6, 6.07) is 6.55. The van der Waals surface area contributed by atoms with Crippen LogP contribution in [0.5, 0.6) is 5.75 Å². The van der Waals surface area contributed by atoms with Crippen molar-refractivity contribution in [3.05, 3.63) is 64.2 Å². The quantitative estimate of drug-likeness (QED) is 0.470. The Morgan fingerprint density at radius 3 is 2.66 bits per heavy atom. The van der Waals surface area contributed by atoms with Gasteiger partial charge in [-0.05, 0) is 55.2 Å². The van der Waals surface area contributed by atoms with Crippen LogP contribution in [0.3, 0.4) is 0 Å². The molecule has 1 aliphatic heterocycles. The SMILES string of the molecule is CCO/C=C/c1cc2c(c(C(OC)C(F)(F)F)c1)CCN(Cc1cc(OCC)c(C#N)cn1)C2=O. The number of methoxy groups -OCH3 is 1. The van der Waals surface area contributed by atoms with E-state index in [0.717, 1.165) is 7.11 Å². The predicted octanol–water partition coefficient (Wildman–Crippen LogP) is 4.81. The van der Waals surface area contributed by atoms with Crippen molar-refractivity contribution >= 4 is 12.0 Å². The number of carbonyl (C=O) groups is 1. The first-order valence-electron chi connectivity index (χ1n) is 11.1. The topological polar surface area (TPSA) is 84.7 Å². The molecule has 0 fully saturated rings. The number of nitriles is 1. The van der Waals surface area contributed by atoms with Crippen molar-refractivity contribution in [2.24, 2.45) is 0 Å². The van der Waals surface area contributed by atoms with Crippen LogP contribution in [0.2, 0.25) is 0 Å². The van der Waals surface area contributed by atoms with E-state index in [-0.39, 0.29) is 36.2 Å². The summed E-state index contributed by atoms with van der Waals surface area (Å²) in [6.07, 6.45) is -2.32. The van der Waals surface area contributed by atoms with Crippen molar-refractivity contribution in [2.45, 2.75) is 39.1 Å². The first-order chi connectivity index (χ1) is 16.7. The molecular weight excluding hydrogens is 463 g/mol. The number of fused-ring (bicyclic) bond motifs is 1. The lowest BCUT2D eigenvalue weighted by Crippen LogP contribution is -2.38. The molecule has 1 aliphatic rings. The molecule has 3 rings (SSSR count). The Kier molecular flexibility index (Phi) is 8.35. The maximum Gasteiger partial charge on any atom is 0.418 e. The predicted molar refractivity (Wildman–Crippen MR) is 121 cm³/mol. The van der Waals surface area contributed by atoms with Crippen molar-refractivity contribution in [1.82, 2.24) is 9.88 Å². The number of pyridine rings is 1. The fourth-order valence-corrected chi connectivity index (χ4v) is 3.97. The smallest absolute Gasteiger partial charge is 0.418 e. The second-order valence-corrected chi connectivity index (χ2v) is 7.75. The minimum atomic E-state index is -4.65. The van der Waals surface area contributed by atoms with Crippen LogP contribution >= 0.6 is 0 Å². The molecule has 0 saturated heterocycles. The van der Waals surface area contributed by atoms with Gasteiger partial charge in [-0.3, -0.25) is 9.78 Å². The molecule has 1 aromatic heterocycles. The standard InChI is InChI=1S/C25H26F3N3O4/c1-4-34-9-7-16-10-20(23(33-3)25(26,27)28)19-6-8-31(24(32)21(19)11-16)15-18-12-22(35-5-2)17(13-29)14-30-18/h7,9-12,14,23H,4-6,8,15H2,1-3H3/b9-7+. The third-order valence-corrected chi connectivity index (χ3v) is 5.49. The number of nitrogens with zero attached hydrogens (tertiary/aromatic N) is 3. The molecule has 0 N–H and O–H groups in total. The van der Waals surface area contributed by atoms with Gasteiger partial charge in [0.15, 0.2) is 6.10 Å². The molecule has 1 aromatic carbocycles. The molecule has 35 heavy (non-hydrogen) atoms. The molecule has 10 heteroatoms. The number of alkyl halides is 3. The van der Waals surface area contributed by atoms with Gasteiger partial charge in [-0.2, -0.15) is 18.4 Å². The van der Waals surface area contributed by atoms with Gasteiger partial charge in [0, 0.05) is 31.5 Å². The van der Waals surface area contributed by atoms with Crippen LogP contribution in [0, 0.1) is 11.3 Å². The van der Waals surface area contributed by atoms with Gasteiger partial charge >= 0.3 is 6.18 Å². The van der Waals surface area contributed by atoms with E-state index in [0.29, 0.717) is 35.8 Å². The fourth-order valence-electron chi connectivity index (χ4n) is 3.97. The van der Waals surface area contributed by atoms with Crippen LogP contribution in [0.4, 0.5) is 13.2 Å². The summed E-state index contributed by atoms with van der Waals surface area (Å²) in [5.74, 6) is -0.0519. The Balaban J connectivity index is 1.99. The fraction of sp³-hybridized carbons (Fsp3) is 0.400. The largest absolute Gasteiger partial charge is 0.501 e. The van der Waals surface area contributed by atoms with Crippen LogP contribution in [0.15, 0.2) is 30.7 Å². The summed E-state index contributed by atoms with van der Waals surface area (Å²) in [6.45, 7) is 4.64.